The monoisotopic (exact) mass is 221 g/mol. The van der Waals surface area contributed by atoms with E-state index in [0.29, 0.717) is 0 Å². The summed E-state index contributed by atoms with van der Waals surface area (Å²) in [7, 11) is 0. The van der Waals surface area contributed by atoms with Gasteiger partial charge in [0.15, 0.2) is 0 Å². The minimum atomic E-state index is 1.17. The summed E-state index contributed by atoms with van der Waals surface area (Å²) in [5.74, 6) is 0. The van der Waals surface area contributed by atoms with E-state index in [9.17, 15) is 0 Å². The molecule has 0 saturated carbocycles. The zero-order valence-electron chi connectivity index (χ0n) is 11.9. The van der Waals surface area contributed by atoms with Crippen molar-refractivity contribution in [1.29, 1.82) is 0 Å². The van der Waals surface area contributed by atoms with Gasteiger partial charge in [0, 0.05) is 11.4 Å². The maximum Gasteiger partial charge on any atom is 0.0441 e. The van der Waals surface area contributed by atoms with E-state index in [1.807, 2.05) is 27.7 Å². The molecule has 0 amide bonds. The van der Waals surface area contributed by atoms with Crippen LogP contribution in [0.25, 0.3) is 0 Å². The topological polar surface area (TPSA) is 12.9 Å². The molecule has 0 atom stereocenters. The largest absolute Gasteiger partial charge is 0.258 e. The van der Waals surface area contributed by atoms with Crippen molar-refractivity contribution in [2.45, 2.75) is 67.2 Å². The Bertz CT molecular complexity index is 303. The number of aryl methyl sites for hydroxylation is 3. The minimum absolute atomic E-state index is 1.17. The number of pyridine rings is 1. The highest BCUT2D eigenvalue weighted by molar-refractivity contribution is 5.33. The molecule has 0 radical (unpaired) electrons. The van der Waals surface area contributed by atoms with E-state index in [1.54, 1.807) is 0 Å². The van der Waals surface area contributed by atoms with E-state index in [2.05, 4.69) is 24.9 Å². The van der Waals surface area contributed by atoms with Gasteiger partial charge in [-0.2, -0.15) is 0 Å². The van der Waals surface area contributed by atoms with E-state index >= 15 is 0 Å². The quantitative estimate of drug-likeness (QED) is 0.622. The zero-order valence-corrected chi connectivity index (χ0v) is 11.9. The number of hydrogen-bond acceptors (Lipinski definition) is 1. The summed E-state index contributed by atoms with van der Waals surface area (Å²) in [6.45, 7) is 12.3. The first-order chi connectivity index (χ1) is 7.77. The van der Waals surface area contributed by atoms with Gasteiger partial charge < -0.3 is 0 Å². The zero-order chi connectivity index (χ0) is 12.6. The molecule has 92 valence electrons. The van der Waals surface area contributed by atoms with Gasteiger partial charge in [-0.1, -0.05) is 27.7 Å². The maximum absolute atomic E-state index is 4.57. The molecule has 1 aromatic rings. The Kier molecular flexibility index (Phi) is 7.88. The summed E-state index contributed by atoms with van der Waals surface area (Å²) >= 11 is 0. The third-order valence-electron chi connectivity index (χ3n) is 2.65. The van der Waals surface area contributed by atoms with Gasteiger partial charge in [-0.05, 0) is 56.7 Å². The van der Waals surface area contributed by atoms with Gasteiger partial charge in [0.1, 0.15) is 0 Å². The van der Waals surface area contributed by atoms with Crippen molar-refractivity contribution in [3.05, 3.63) is 28.6 Å². The Hall–Kier alpha value is -0.850. The van der Waals surface area contributed by atoms with Crippen LogP contribution >= 0.6 is 0 Å². The molecule has 1 aliphatic rings. The molecule has 0 aliphatic heterocycles. The molecule has 0 unspecified atom stereocenters. The van der Waals surface area contributed by atoms with Crippen LogP contribution in [0.5, 0.6) is 0 Å². The van der Waals surface area contributed by atoms with Gasteiger partial charge in [0.25, 0.3) is 0 Å². The third-order valence-corrected chi connectivity index (χ3v) is 2.65. The summed E-state index contributed by atoms with van der Waals surface area (Å²) in [4.78, 5) is 4.57. The lowest BCUT2D eigenvalue weighted by Gasteiger charge is -2.17. The number of hydrogen-bond donors (Lipinski definition) is 0. The summed E-state index contributed by atoms with van der Waals surface area (Å²) in [5, 5.41) is 0. The Morgan fingerprint density at radius 3 is 2.12 bits per heavy atom. The van der Waals surface area contributed by atoms with Gasteiger partial charge in [0.05, 0.1) is 0 Å². The average Bonchev–Trinajstić information content (AvgIpc) is 2.34. The van der Waals surface area contributed by atoms with Crippen molar-refractivity contribution in [3.63, 3.8) is 0 Å². The molecule has 0 saturated heterocycles. The lowest BCUT2D eigenvalue weighted by atomic mass is 9.92. The van der Waals surface area contributed by atoms with Gasteiger partial charge in [0.2, 0.25) is 0 Å². The molecule has 0 aromatic carbocycles. The molecule has 2 rings (SSSR count). The second-order valence-corrected chi connectivity index (χ2v) is 3.71. The van der Waals surface area contributed by atoms with Crippen LogP contribution in [0.15, 0.2) is 6.07 Å². The van der Waals surface area contributed by atoms with Crippen LogP contribution in [-0.2, 0) is 12.8 Å². The number of aromatic nitrogens is 1. The Morgan fingerprint density at radius 1 is 0.938 bits per heavy atom. The lowest BCUT2D eigenvalue weighted by Crippen LogP contribution is -2.08. The highest BCUT2D eigenvalue weighted by Crippen LogP contribution is 2.22. The first kappa shape index (κ1) is 15.2. The summed E-state index contributed by atoms with van der Waals surface area (Å²) in [6.07, 6.45) is 5.10. The molecular formula is C15H27N. The molecular weight excluding hydrogens is 194 g/mol. The molecule has 16 heavy (non-hydrogen) atoms. The molecule has 0 bridgehead atoms. The van der Waals surface area contributed by atoms with Crippen LogP contribution in [0.1, 0.15) is 63.1 Å². The van der Waals surface area contributed by atoms with Crippen molar-refractivity contribution in [2.24, 2.45) is 0 Å². The first-order valence-corrected chi connectivity index (χ1v) is 6.73. The number of rotatable bonds is 0. The van der Waals surface area contributed by atoms with Crippen LogP contribution in [0, 0.1) is 13.8 Å². The molecule has 1 heterocycles. The highest BCUT2D eigenvalue weighted by Gasteiger charge is 2.12. The summed E-state index contributed by atoms with van der Waals surface area (Å²) in [5.41, 5.74) is 5.50. The van der Waals surface area contributed by atoms with E-state index in [1.165, 1.54) is 48.2 Å². The predicted octanol–water partition coefficient (Wildman–Crippen LogP) is 4.63. The number of nitrogens with zero attached hydrogens (tertiary/aromatic N) is 1. The maximum atomic E-state index is 4.57. The molecule has 0 fully saturated rings. The van der Waals surface area contributed by atoms with E-state index in [0.717, 1.165) is 0 Å². The fourth-order valence-corrected chi connectivity index (χ4v) is 2.08. The Labute approximate surface area is 101 Å². The molecule has 0 N–H and O–H groups in total. The van der Waals surface area contributed by atoms with E-state index in [-0.39, 0.29) is 0 Å². The minimum Gasteiger partial charge on any atom is -0.258 e. The predicted molar refractivity (Wildman–Crippen MR) is 73.0 cm³/mol. The van der Waals surface area contributed by atoms with E-state index in [4.69, 9.17) is 0 Å². The van der Waals surface area contributed by atoms with Crippen LogP contribution in [0.2, 0.25) is 0 Å². The molecule has 0 spiro atoms. The van der Waals surface area contributed by atoms with Gasteiger partial charge in [-0.15, -0.1) is 0 Å². The first-order valence-electron chi connectivity index (χ1n) is 6.73. The SMILES string of the molecule is CC.CC.Cc1cc(C)c2c(n1)CCCC2. The van der Waals surface area contributed by atoms with E-state index < -0.39 is 0 Å². The van der Waals surface area contributed by atoms with Gasteiger partial charge in [-0.25, -0.2) is 0 Å². The van der Waals surface area contributed by atoms with Crippen molar-refractivity contribution < 1.29 is 0 Å². The highest BCUT2D eigenvalue weighted by atomic mass is 14.7. The summed E-state index contributed by atoms with van der Waals surface area (Å²) < 4.78 is 0. The lowest BCUT2D eigenvalue weighted by molar-refractivity contribution is 0.661. The molecule has 1 aromatic heterocycles. The van der Waals surface area contributed by atoms with Crippen LogP contribution in [0.3, 0.4) is 0 Å². The third kappa shape index (κ3) is 3.96. The van der Waals surface area contributed by atoms with Gasteiger partial charge >= 0.3 is 0 Å². The second kappa shape index (κ2) is 8.32. The number of fused-ring (bicyclic) bond motifs is 1. The second-order valence-electron chi connectivity index (χ2n) is 3.71. The summed E-state index contributed by atoms with van der Waals surface area (Å²) in [6, 6.07) is 2.20. The fourth-order valence-electron chi connectivity index (χ4n) is 2.08. The smallest absolute Gasteiger partial charge is 0.0441 e. The normalized spacial score (nSPS) is 12.6. The molecule has 1 heteroatoms. The van der Waals surface area contributed by atoms with Crippen LogP contribution in [-0.4, -0.2) is 4.98 Å². The Morgan fingerprint density at radius 2 is 1.50 bits per heavy atom. The van der Waals surface area contributed by atoms with Gasteiger partial charge in [-0.3, -0.25) is 4.98 Å². The Balaban J connectivity index is 0.000000509. The van der Waals surface area contributed by atoms with Crippen molar-refractivity contribution in [2.75, 3.05) is 0 Å². The standard InChI is InChI=1S/C11H15N.2C2H6/c1-8-7-9(2)12-11-6-4-3-5-10(8)11;2*1-2/h7H,3-6H2,1-2H3;2*1-2H3. The average molecular weight is 221 g/mol. The van der Waals surface area contributed by atoms with Crippen LogP contribution in [0.4, 0.5) is 0 Å². The molecule has 1 nitrogen and oxygen atoms in total. The van der Waals surface area contributed by atoms with Crippen molar-refractivity contribution in [1.82, 2.24) is 4.98 Å². The van der Waals surface area contributed by atoms with Crippen molar-refractivity contribution >= 4 is 0 Å². The fraction of sp³-hybridized carbons (Fsp3) is 0.667. The van der Waals surface area contributed by atoms with Crippen molar-refractivity contribution in [3.8, 4) is 0 Å². The van der Waals surface area contributed by atoms with Crippen LogP contribution < -0.4 is 0 Å². The molecule has 1 aliphatic carbocycles.